The van der Waals surface area contributed by atoms with Crippen LogP contribution in [0.2, 0.25) is 0 Å². The second kappa shape index (κ2) is 7.91. The summed E-state index contributed by atoms with van der Waals surface area (Å²) in [5.41, 5.74) is 4.95. The van der Waals surface area contributed by atoms with Gasteiger partial charge in [-0.1, -0.05) is 18.2 Å². The van der Waals surface area contributed by atoms with E-state index in [4.69, 9.17) is 0 Å². The molecule has 0 bridgehead atoms. The van der Waals surface area contributed by atoms with Crippen LogP contribution in [0.1, 0.15) is 28.1 Å². The lowest BCUT2D eigenvalue weighted by molar-refractivity contribution is 0.600. The summed E-state index contributed by atoms with van der Waals surface area (Å²) < 4.78 is 30.4. The fourth-order valence-corrected chi connectivity index (χ4v) is 5.32. The van der Waals surface area contributed by atoms with Crippen molar-refractivity contribution in [3.8, 4) is 5.69 Å². The first-order valence-electron chi connectivity index (χ1n) is 10.3. The molecule has 6 nitrogen and oxygen atoms in total. The van der Waals surface area contributed by atoms with E-state index in [1.807, 2.05) is 45.0 Å². The minimum absolute atomic E-state index is 0.161. The van der Waals surface area contributed by atoms with Crippen LogP contribution in [0.5, 0.6) is 0 Å². The zero-order chi connectivity index (χ0) is 23.2. The molecule has 32 heavy (non-hydrogen) atoms. The molecule has 0 aliphatic rings. The van der Waals surface area contributed by atoms with Gasteiger partial charge < -0.3 is 0 Å². The summed E-state index contributed by atoms with van der Waals surface area (Å²) in [6.45, 7) is 9.23. The molecule has 164 valence electrons. The highest BCUT2D eigenvalue weighted by Gasteiger charge is 2.19. The molecule has 0 aliphatic heterocycles. The van der Waals surface area contributed by atoms with Crippen molar-refractivity contribution in [1.82, 2.24) is 9.55 Å². The van der Waals surface area contributed by atoms with Crippen LogP contribution < -0.4 is 10.3 Å². The molecule has 4 aromatic rings. The zero-order valence-corrected chi connectivity index (χ0v) is 19.5. The SMILES string of the molecule is Cc1cc(C)c(S(=O)(=O)Nc2ccc(-n3c(C)nc4ccccc4c3=O)cc2C)cc1C. The van der Waals surface area contributed by atoms with Gasteiger partial charge in [0.15, 0.2) is 0 Å². The summed E-state index contributed by atoms with van der Waals surface area (Å²) in [6.07, 6.45) is 0. The quantitative estimate of drug-likeness (QED) is 0.490. The Bertz CT molecular complexity index is 1540. The molecule has 3 aromatic carbocycles. The van der Waals surface area contributed by atoms with E-state index in [2.05, 4.69) is 9.71 Å². The van der Waals surface area contributed by atoms with Gasteiger partial charge >= 0.3 is 0 Å². The molecule has 0 spiro atoms. The number of nitrogens with zero attached hydrogens (tertiary/aromatic N) is 2. The number of para-hydroxylation sites is 1. The molecule has 1 aromatic heterocycles. The van der Waals surface area contributed by atoms with Crippen LogP contribution in [-0.2, 0) is 10.0 Å². The smallest absolute Gasteiger partial charge is 0.265 e. The molecule has 0 saturated carbocycles. The number of anilines is 1. The van der Waals surface area contributed by atoms with Gasteiger partial charge in [-0.15, -0.1) is 0 Å². The highest BCUT2D eigenvalue weighted by molar-refractivity contribution is 7.92. The molecule has 4 rings (SSSR count). The van der Waals surface area contributed by atoms with Gasteiger partial charge in [0, 0.05) is 0 Å². The second-order valence-corrected chi connectivity index (χ2v) is 9.77. The van der Waals surface area contributed by atoms with E-state index in [1.165, 1.54) is 0 Å². The van der Waals surface area contributed by atoms with E-state index in [0.717, 1.165) is 11.1 Å². The normalized spacial score (nSPS) is 11.7. The topological polar surface area (TPSA) is 81.1 Å². The van der Waals surface area contributed by atoms with Crippen molar-refractivity contribution in [2.24, 2.45) is 0 Å². The summed E-state index contributed by atoms with van der Waals surface area (Å²) >= 11 is 0. The summed E-state index contributed by atoms with van der Waals surface area (Å²) in [4.78, 5) is 17.9. The Morgan fingerprint density at radius 1 is 0.812 bits per heavy atom. The number of rotatable bonds is 4. The van der Waals surface area contributed by atoms with Gasteiger partial charge in [0.25, 0.3) is 15.6 Å². The Kier molecular flexibility index (Phi) is 5.38. The van der Waals surface area contributed by atoms with Gasteiger partial charge in [0.05, 0.1) is 27.2 Å². The van der Waals surface area contributed by atoms with Crippen molar-refractivity contribution in [1.29, 1.82) is 0 Å². The predicted octanol–water partition coefficient (Wildman–Crippen LogP) is 4.73. The van der Waals surface area contributed by atoms with Crippen molar-refractivity contribution in [3.63, 3.8) is 0 Å². The molecule has 7 heteroatoms. The average Bonchev–Trinajstić information content (AvgIpc) is 2.72. The van der Waals surface area contributed by atoms with Gasteiger partial charge in [0.2, 0.25) is 0 Å². The number of hydrogen-bond donors (Lipinski definition) is 1. The molecule has 1 heterocycles. The number of benzene rings is 3. The van der Waals surface area contributed by atoms with Crippen LogP contribution in [0.3, 0.4) is 0 Å². The van der Waals surface area contributed by atoms with Crippen molar-refractivity contribution in [3.05, 3.63) is 93.0 Å². The fourth-order valence-electron chi connectivity index (χ4n) is 3.87. The van der Waals surface area contributed by atoms with E-state index in [-0.39, 0.29) is 10.5 Å². The summed E-state index contributed by atoms with van der Waals surface area (Å²) in [7, 11) is -3.76. The molecule has 0 amide bonds. The van der Waals surface area contributed by atoms with Crippen LogP contribution >= 0.6 is 0 Å². The minimum atomic E-state index is -3.76. The Balaban J connectivity index is 1.75. The summed E-state index contributed by atoms with van der Waals surface area (Å²) in [5.74, 6) is 0.562. The van der Waals surface area contributed by atoms with Crippen LogP contribution in [0, 0.1) is 34.6 Å². The van der Waals surface area contributed by atoms with Crippen LogP contribution in [0.25, 0.3) is 16.6 Å². The maximum Gasteiger partial charge on any atom is 0.265 e. The zero-order valence-electron chi connectivity index (χ0n) is 18.7. The standard InChI is InChI=1S/C25H25N3O3S/c1-15-12-18(4)24(14-16(15)2)32(30,31)27-22-11-10-20(13-17(22)3)28-19(5)26-23-9-7-6-8-21(23)25(28)29/h6-14,27H,1-5H3. The van der Waals surface area contributed by atoms with Gasteiger partial charge in [-0.2, -0.15) is 0 Å². The van der Waals surface area contributed by atoms with Gasteiger partial charge in [0.1, 0.15) is 5.82 Å². The highest BCUT2D eigenvalue weighted by Crippen LogP contribution is 2.26. The molecule has 0 fully saturated rings. The lowest BCUT2D eigenvalue weighted by atomic mass is 10.1. The largest absolute Gasteiger partial charge is 0.279 e. The Labute approximate surface area is 187 Å². The molecule has 1 N–H and O–H groups in total. The van der Waals surface area contributed by atoms with Crippen molar-refractivity contribution >= 4 is 26.6 Å². The summed E-state index contributed by atoms with van der Waals surface area (Å²) in [5, 5.41) is 0.533. The molecule has 0 atom stereocenters. The number of sulfonamides is 1. The fraction of sp³-hybridized carbons (Fsp3) is 0.200. The van der Waals surface area contributed by atoms with E-state index in [0.29, 0.717) is 39.2 Å². The van der Waals surface area contributed by atoms with Crippen LogP contribution in [0.15, 0.2) is 64.3 Å². The summed E-state index contributed by atoms with van der Waals surface area (Å²) in [6, 6.07) is 16.0. The van der Waals surface area contributed by atoms with E-state index < -0.39 is 10.0 Å². The molecule has 0 radical (unpaired) electrons. The molecular formula is C25H25N3O3S. The average molecular weight is 448 g/mol. The monoisotopic (exact) mass is 447 g/mol. The lowest BCUT2D eigenvalue weighted by Gasteiger charge is -2.16. The third-order valence-corrected chi connectivity index (χ3v) is 7.24. The van der Waals surface area contributed by atoms with Crippen molar-refractivity contribution in [2.45, 2.75) is 39.5 Å². The molecular weight excluding hydrogens is 422 g/mol. The van der Waals surface area contributed by atoms with Gasteiger partial charge in [-0.3, -0.25) is 14.1 Å². The van der Waals surface area contributed by atoms with E-state index >= 15 is 0 Å². The number of hydrogen-bond acceptors (Lipinski definition) is 4. The Hall–Kier alpha value is -3.45. The number of nitrogens with one attached hydrogen (secondary N) is 1. The minimum Gasteiger partial charge on any atom is -0.279 e. The van der Waals surface area contributed by atoms with E-state index in [9.17, 15) is 13.2 Å². The maximum atomic E-state index is 13.1. The molecule has 0 saturated heterocycles. The second-order valence-electron chi connectivity index (χ2n) is 8.12. The molecule has 0 unspecified atom stereocenters. The molecule has 0 aliphatic carbocycles. The first kappa shape index (κ1) is 21.8. The van der Waals surface area contributed by atoms with E-state index in [1.54, 1.807) is 48.7 Å². The predicted molar refractivity (Wildman–Crippen MR) is 128 cm³/mol. The highest BCUT2D eigenvalue weighted by atomic mass is 32.2. The van der Waals surface area contributed by atoms with Gasteiger partial charge in [-0.25, -0.2) is 13.4 Å². The van der Waals surface area contributed by atoms with Crippen molar-refractivity contribution in [2.75, 3.05) is 4.72 Å². The number of aryl methyl sites for hydroxylation is 5. The van der Waals surface area contributed by atoms with Crippen LogP contribution in [0.4, 0.5) is 5.69 Å². The maximum absolute atomic E-state index is 13.1. The number of aromatic nitrogens is 2. The third kappa shape index (κ3) is 3.80. The first-order chi connectivity index (χ1) is 15.1. The first-order valence-corrected chi connectivity index (χ1v) is 11.8. The third-order valence-electron chi connectivity index (χ3n) is 5.74. The van der Waals surface area contributed by atoms with Gasteiger partial charge in [-0.05, 0) is 93.3 Å². The van der Waals surface area contributed by atoms with Crippen molar-refractivity contribution < 1.29 is 8.42 Å². The number of fused-ring (bicyclic) bond motifs is 1. The Morgan fingerprint density at radius 3 is 2.22 bits per heavy atom. The van der Waals surface area contributed by atoms with Crippen LogP contribution in [-0.4, -0.2) is 18.0 Å². The Morgan fingerprint density at radius 2 is 1.50 bits per heavy atom. The lowest BCUT2D eigenvalue weighted by Crippen LogP contribution is -2.22.